The lowest BCUT2D eigenvalue weighted by atomic mass is 10.1. The number of anilines is 1. The van der Waals surface area contributed by atoms with Crippen LogP contribution in [0.2, 0.25) is 10.0 Å². The Morgan fingerprint density at radius 3 is 2.42 bits per heavy atom. The van der Waals surface area contributed by atoms with Crippen molar-refractivity contribution < 1.29 is 19.1 Å². The summed E-state index contributed by atoms with van der Waals surface area (Å²) >= 11 is 12.0. The van der Waals surface area contributed by atoms with Gasteiger partial charge >= 0.3 is 0 Å². The van der Waals surface area contributed by atoms with Gasteiger partial charge in [-0.1, -0.05) is 23.2 Å². The summed E-state index contributed by atoms with van der Waals surface area (Å²) in [5, 5.41) is 3.34. The molecule has 136 valence electrons. The van der Waals surface area contributed by atoms with E-state index in [4.69, 9.17) is 27.9 Å². The van der Waals surface area contributed by atoms with Gasteiger partial charge in [-0.15, -0.1) is 0 Å². The fourth-order valence-corrected chi connectivity index (χ4v) is 2.65. The van der Waals surface area contributed by atoms with Crippen molar-refractivity contribution in [3.63, 3.8) is 0 Å². The van der Waals surface area contributed by atoms with Gasteiger partial charge in [0.1, 0.15) is 5.75 Å². The Labute approximate surface area is 161 Å². The summed E-state index contributed by atoms with van der Waals surface area (Å²) < 4.78 is 5.15. The van der Waals surface area contributed by atoms with Crippen molar-refractivity contribution in [3.8, 4) is 5.75 Å². The number of halogens is 2. The van der Waals surface area contributed by atoms with Crippen LogP contribution in [0.4, 0.5) is 5.69 Å². The van der Waals surface area contributed by atoms with Crippen molar-refractivity contribution in [1.29, 1.82) is 0 Å². The van der Waals surface area contributed by atoms with Crippen LogP contribution in [0.1, 0.15) is 40.5 Å². The summed E-state index contributed by atoms with van der Waals surface area (Å²) in [5.41, 5.74) is 1.09. The number of methoxy groups -OCH3 is 1. The molecule has 1 amide bonds. The van der Waals surface area contributed by atoms with Gasteiger partial charge in [0, 0.05) is 23.4 Å². The van der Waals surface area contributed by atoms with E-state index in [1.807, 2.05) is 0 Å². The maximum absolute atomic E-state index is 12.4. The minimum Gasteiger partial charge on any atom is -0.496 e. The predicted molar refractivity (Wildman–Crippen MR) is 102 cm³/mol. The van der Waals surface area contributed by atoms with Crippen LogP contribution in [0.15, 0.2) is 36.4 Å². The van der Waals surface area contributed by atoms with E-state index in [9.17, 15) is 14.4 Å². The summed E-state index contributed by atoms with van der Waals surface area (Å²) in [7, 11) is 1.46. The summed E-state index contributed by atoms with van der Waals surface area (Å²) in [6.45, 7) is 1.42. The molecule has 2 aromatic rings. The molecule has 1 N–H and O–H groups in total. The van der Waals surface area contributed by atoms with Gasteiger partial charge in [0.25, 0.3) is 0 Å². The smallest absolute Gasteiger partial charge is 0.224 e. The Morgan fingerprint density at radius 2 is 1.77 bits per heavy atom. The van der Waals surface area contributed by atoms with E-state index in [0.717, 1.165) is 0 Å². The first-order valence-corrected chi connectivity index (χ1v) is 8.54. The molecule has 7 heteroatoms. The van der Waals surface area contributed by atoms with E-state index >= 15 is 0 Å². The highest BCUT2D eigenvalue weighted by Gasteiger charge is 2.15. The van der Waals surface area contributed by atoms with Crippen LogP contribution in [0.3, 0.4) is 0 Å². The Bertz CT molecular complexity index is 865. The van der Waals surface area contributed by atoms with Gasteiger partial charge in [-0.25, -0.2) is 0 Å². The van der Waals surface area contributed by atoms with E-state index in [0.29, 0.717) is 32.6 Å². The summed E-state index contributed by atoms with van der Waals surface area (Å²) in [5.74, 6) is -0.387. The Morgan fingerprint density at radius 1 is 1.04 bits per heavy atom. The molecule has 0 aliphatic carbocycles. The number of rotatable bonds is 7. The lowest BCUT2D eigenvalue weighted by Gasteiger charge is -2.10. The second-order valence-electron chi connectivity index (χ2n) is 5.57. The molecule has 0 saturated carbocycles. The average Bonchev–Trinajstić information content (AvgIpc) is 2.61. The van der Waals surface area contributed by atoms with Gasteiger partial charge in [0.15, 0.2) is 11.6 Å². The van der Waals surface area contributed by atoms with Gasteiger partial charge in [-0.3, -0.25) is 14.4 Å². The van der Waals surface area contributed by atoms with Crippen molar-refractivity contribution in [2.75, 3.05) is 12.4 Å². The number of carbonyl (C=O) groups is 3. The zero-order valence-corrected chi connectivity index (χ0v) is 15.8. The van der Waals surface area contributed by atoms with Crippen molar-refractivity contribution >= 4 is 46.4 Å². The molecule has 0 saturated heterocycles. The summed E-state index contributed by atoms with van der Waals surface area (Å²) in [6.07, 6.45) is -0.0678. The third-order valence-electron chi connectivity index (χ3n) is 3.69. The number of ketones is 2. The van der Waals surface area contributed by atoms with E-state index in [1.54, 1.807) is 18.2 Å². The molecular formula is C19H17Cl2NO4. The monoisotopic (exact) mass is 393 g/mol. The second kappa shape index (κ2) is 8.83. The maximum Gasteiger partial charge on any atom is 0.224 e. The van der Waals surface area contributed by atoms with Crippen LogP contribution in [-0.2, 0) is 4.79 Å². The zero-order chi connectivity index (χ0) is 19.3. The molecule has 0 fully saturated rings. The van der Waals surface area contributed by atoms with Crippen LogP contribution in [0, 0.1) is 0 Å². The van der Waals surface area contributed by atoms with E-state index < -0.39 is 0 Å². The standard InChI is InChI=1S/C19H17Cl2NO4/c1-11(23)12-3-5-15(21)16(9-12)22-19(25)8-6-17(24)14-10-13(20)4-7-18(14)26-2/h3-5,7,9-10H,6,8H2,1-2H3,(H,22,25). The molecule has 2 aromatic carbocycles. The molecular weight excluding hydrogens is 377 g/mol. The fraction of sp³-hybridized carbons (Fsp3) is 0.211. The normalized spacial score (nSPS) is 10.3. The fourth-order valence-electron chi connectivity index (χ4n) is 2.31. The molecule has 0 aliphatic rings. The highest BCUT2D eigenvalue weighted by Crippen LogP contribution is 2.25. The first-order chi connectivity index (χ1) is 12.3. The van der Waals surface area contributed by atoms with Gasteiger partial charge < -0.3 is 10.1 Å². The second-order valence-corrected chi connectivity index (χ2v) is 6.41. The molecule has 26 heavy (non-hydrogen) atoms. The Balaban J connectivity index is 2.03. The van der Waals surface area contributed by atoms with E-state index in [-0.39, 0.29) is 30.3 Å². The molecule has 0 atom stereocenters. The Kier molecular flexibility index (Phi) is 6.77. The van der Waals surface area contributed by atoms with Crippen LogP contribution in [0.5, 0.6) is 5.75 Å². The van der Waals surface area contributed by atoms with Crippen molar-refractivity contribution in [2.45, 2.75) is 19.8 Å². The first kappa shape index (κ1) is 19.9. The SMILES string of the molecule is COc1ccc(Cl)cc1C(=O)CCC(=O)Nc1cc(C(C)=O)ccc1Cl. The van der Waals surface area contributed by atoms with Crippen molar-refractivity contribution in [1.82, 2.24) is 0 Å². The topological polar surface area (TPSA) is 72.5 Å². The number of benzene rings is 2. The quantitative estimate of drug-likeness (QED) is 0.685. The molecule has 0 heterocycles. The molecule has 0 aliphatic heterocycles. The van der Waals surface area contributed by atoms with E-state index in [2.05, 4.69) is 5.32 Å². The van der Waals surface area contributed by atoms with Crippen LogP contribution >= 0.6 is 23.2 Å². The largest absolute Gasteiger partial charge is 0.496 e. The van der Waals surface area contributed by atoms with Crippen molar-refractivity contribution in [2.24, 2.45) is 0 Å². The number of carbonyl (C=O) groups excluding carboxylic acids is 3. The number of hydrogen-bond acceptors (Lipinski definition) is 4. The zero-order valence-electron chi connectivity index (χ0n) is 14.3. The number of hydrogen-bond donors (Lipinski definition) is 1. The van der Waals surface area contributed by atoms with Gasteiger partial charge in [0.2, 0.25) is 5.91 Å². The molecule has 0 aromatic heterocycles. The third-order valence-corrected chi connectivity index (χ3v) is 4.25. The lowest BCUT2D eigenvalue weighted by molar-refractivity contribution is -0.116. The highest BCUT2D eigenvalue weighted by molar-refractivity contribution is 6.34. The van der Waals surface area contributed by atoms with Crippen molar-refractivity contribution in [3.05, 3.63) is 57.6 Å². The average molecular weight is 394 g/mol. The third kappa shape index (κ3) is 5.07. The number of nitrogens with one attached hydrogen (secondary N) is 1. The van der Waals surface area contributed by atoms with Crippen LogP contribution in [0.25, 0.3) is 0 Å². The number of ether oxygens (including phenoxy) is 1. The molecule has 0 spiro atoms. The lowest BCUT2D eigenvalue weighted by Crippen LogP contribution is -2.14. The van der Waals surface area contributed by atoms with E-state index in [1.165, 1.54) is 32.2 Å². The number of amides is 1. The molecule has 0 bridgehead atoms. The van der Waals surface area contributed by atoms with Gasteiger partial charge in [-0.05, 0) is 43.3 Å². The minimum absolute atomic E-state index is 0.0213. The van der Waals surface area contributed by atoms with Gasteiger partial charge in [-0.2, -0.15) is 0 Å². The van der Waals surface area contributed by atoms with Gasteiger partial charge in [0.05, 0.1) is 23.4 Å². The summed E-state index contributed by atoms with van der Waals surface area (Å²) in [6, 6.07) is 9.35. The Hall–Kier alpha value is -2.37. The molecule has 2 rings (SSSR count). The molecule has 5 nitrogen and oxygen atoms in total. The molecule has 0 radical (unpaired) electrons. The minimum atomic E-state index is -0.387. The number of Topliss-reactive ketones (excluding diaryl/α,β-unsaturated/α-hetero) is 2. The van der Waals surface area contributed by atoms with Crippen LogP contribution in [-0.4, -0.2) is 24.6 Å². The maximum atomic E-state index is 12.4. The first-order valence-electron chi connectivity index (χ1n) is 7.79. The van der Waals surface area contributed by atoms with Crippen LogP contribution < -0.4 is 10.1 Å². The predicted octanol–water partition coefficient (Wildman–Crippen LogP) is 4.81. The summed E-state index contributed by atoms with van der Waals surface area (Å²) in [4.78, 5) is 35.9. The highest BCUT2D eigenvalue weighted by atomic mass is 35.5. The molecule has 0 unspecified atom stereocenters.